The van der Waals surface area contributed by atoms with Crippen molar-refractivity contribution >= 4 is 13.4 Å². The van der Waals surface area contributed by atoms with Crippen LogP contribution < -0.4 is 0 Å². The molecular weight excluding hydrogens is 389 g/mol. The van der Waals surface area contributed by atoms with E-state index in [9.17, 15) is 0 Å². The second-order valence-corrected chi connectivity index (χ2v) is 12.6. The molecule has 180 valence electrons. The highest BCUT2D eigenvalue weighted by molar-refractivity contribution is 7.69. The van der Waals surface area contributed by atoms with Crippen molar-refractivity contribution in [3.63, 3.8) is 0 Å². The molecule has 0 saturated carbocycles. The van der Waals surface area contributed by atoms with Crippen LogP contribution in [0.2, 0.25) is 0 Å². The fourth-order valence-electron chi connectivity index (χ4n) is 3.75. The molecule has 0 fully saturated rings. The molecule has 1 unspecified atom stereocenters. The molecule has 0 spiro atoms. The smallest absolute Gasteiger partial charge is 0.0888 e. The Hall–Kier alpha value is -0.240. The van der Waals surface area contributed by atoms with Crippen molar-refractivity contribution in [2.75, 3.05) is 46.7 Å². The van der Waals surface area contributed by atoms with E-state index in [1.165, 1.54) is 77.0 Å². The summed E-state index contributed by atoms with van der Waals surface area (Å²) in [6, 6.07) is 0. The summed E-state index contributed by atoms with van der Waals surface area (Å²) >= 11 is 0. The number of allylic oxidation sites excluding steroid dienone is 1. The average Bonchev–Trinajstić information content (AvgIpc) is 2.71. The molecule has 0 N–H and O–H groups in total. The Morgan fingerprint density at radius 3 is 1.83 bits per heavy atom. The van der Waals surface area contributed by atoms with E-state index in [1.807, 2.05) is 7.11 Å². The molecule has 0 aromatic carbocycles. The number of hydrogen-bond acceptors (Lipinski definition) is 3. The summed E-state index contributed by atoms with van der Waals surface area (Å²) < 4.78 is 11.6. The lowest BCUT2D eigenvalue weighted by molar-refractivity contribution is 0.197. The molecule has 0 heterocycles. The third kappa shape index (κ3) is 19.7. The Bertz CT molecular complexity index is 437. The standard InChI is InChI=1S/C26H54NO2P/c1-7-8-9-10-11-12-13-14-15-16-17-21-26(2)29-23-18-19-24-30(6,28-5)25-20-22-27(3)4/h2,6-25H2,1,3-5H3. The molecule has 0 bridgehead atoms. The Morgan fingerprint density at radius 1 is 0.767 bits per heavy atom. The number of rotatable bonds is 23. The summed E-state index contributed by atoms with van der Waals surface area (Å²) in [6.45, 7) is 8.29. The first-order valence-corrected chi connectivity index (χ1v) is 14.9. The Balaban J connectivity index is 3.51. The van der Waals surface area contributed by atoms with E-state index in [2.05, 4.69) is 38.8 Å². The zero-order valence-corrected chi connectivity index (χ0v) is 22.0. The van der Waals surface area contributed by atoms with E-state index in [0.29, 0.717) is 0 Å². The van der Waals surface area contributed by atoms with Gasteiger partial charge in [-0.05, 0) is 58.6 Å². The summed E-state index contributed by atoms with van der Waals surface area (Å²) in [6.07, 6.45) is 26.2. The lowest BCUT2D eigenvalue weighted by Gasteiger charge is -2.23. The van der Waals surface area contributed by atoms with Crippen LogP contribution in [0, 0.1) is 0 Å². The summed E-state index contributed by atoms with van der Waals surface area (Å²) in [5.41, 5.74) is 0. The van der Waals surface area contributed by atoms with Crippen LogP contribution in [0.5, 0.6) is 0 Å². The van der Waals surface area contributed by atoms with Crippen molar-refractivity contribution in [2.24, 2.45) is 0 Å². The summed E-state index contributed by atoms with van der Waals surface area (Å²) in [5.74, 6) is 0.972. The van der Waals surface area contributed by atoms with Crippen molar-refractivity contribution in [3.05, 3.63) is 12.3 Å². The molecule has 0 amide bonds. The summed E-state index contributed by atoms with van der Waals surface area (Å²) in [5, 5.41) is 0. The minimum atomic E-state index is -1.47. The maximum absolute atomic E-state index is 5.84. The molecule has 0 aromatic rings. The number of hydrogen-bond donors (Lipinski definition) is 0. The maximum atomic E-state index is 5.84. The van der Waals surface area contributed by atoms with E-state index in [4.69, 9.17) is 9.26 Å². The van der Waals surface area contributed by atoms with Gasteiger partial charge >= 0.3 is 0 Å². The minimum Gasteiger partial charge on any atom is -0.499 e. The maximum Gasteiger partial charge on any atom is 0.0888 e. The topological polar surface area (TPSA) is 21.7 Å². The quantitative estimate of drug-likeness (QED) is 0.0908. The van der Waals surface area contributed by atoms with Crippen molar-refractivity contribution < 1.29 is 9.26 Å². The number of unbranched alkanes of at least 4 members (excludes halogenated alkanes) is 11. The fourth-order valence-corrected chi connectivity index (χ4v) is 5.85. The minimum absolute atomic E-state index is 0.790. The van der Waals surface area contributed by atoms with Crippen LogP contribution in [-0.2, 0) is 9.26 Å². The van der Waals surface area contributed by atoms with Crippen LogP contribution in [0.15, 0.2) is 12.3 Å². The van der Waals surface area contributed by atoms with E-state index in [-0.39, 0.29) is 0 Å². The van der Waals surface area contributed by atoms with E-state index >= 15 is 0 Å². The van der Waals surface area contributed by atoms with Crippen LogP contribution in [0.3, 0.4) is 0 Å². The van der Waals surface area contributed by atoms with Gasteiger partial charge in [-0.25, -0.2) is 0 Å². The van der Waals surface area contributed by atoms with Crippen molar-refractivity contribution in [1.29, 1.82) is 0 Å². The van der Waals surface area contributed by atoms with Gasteiger partial charge in [-0.3, -0.25) is 0 Å². The monoisotopic (exact) mass is 443 g/mol. The highest BCUT2D eigenvalue weighted by atomic mass is 31.2. The first kappa shape index (κ1) is 29.8. The largest absolute Gasteiger partial charge is 0.499 e. The van der Waals surface area contributed by atoms with Crippen LogP contribution in [0.25, 0.3) is 0 Å². The van der Waals surface area contributed by atoms with Gasteiger partial charge in [0.15, 0.2) is 0 Å². The van der Waals surface area contributed by atoms with Gasteiger partial charge in [0.25, 0.3) is 0 Å². The summed E-state index contributed by atoms with van der Waals surface area (Å²) in [4.78, 5) is 2.23. The predicted molar refractivity (Wildman–Crippen MR) is 139 cm³/mol. The van der Waals surface area contributed by atoms with E-state index in [1.54, 1.807) is 0 Å². The molecule has 1 atom stereocenters. The van der Waals surface area contributed by atoms with Crippen LogP contribution >= 0.6 is 7.11 Å². The number of nitrogens with zero attached hydrogens (tertiary/aromatic N) is 1. The second-order valence-electron chi connectivity index (χ2n) is 9.22. The second kappa shape index (κ2) is 20.7. The number of ether oxygens (including phenoxy) is 1. The molecule has 0 saturated heterocycles. The zero-order chi connectivity index (χ0) is 22.5. The van der Waals surface area contributed by atoms with Crippen LogP contribution in [-0.4, -0.2) is 57.9 Å². The zero-order valence-electron chi connectivity index (χ0n) is 21.1. The van der Waals surface area contributed by atoms with Crippen molar-refractivity contribution in [2.45, 2.75) is 103 Å². The van der Waals surface area contributed by atoms with Gasteiger partial charge < -0.3 is 14.2 Å². The molecule has 0 rings (SSSR count). The van der Waals surface area contributed by atoms with Gasteiger partial charge in [-0.2, -0.15) is 0 Å². The molecule has 4 heteroatoms. The molecule has 3 nitrogen and oxygen atoms in total. The molecule has 0 aliphatic heterocycles. The van der Waals surface area contributed by atoms with Gasteiger partial charge in [-0.15, -0.1) is 0 Å². The Morgan fingerprint density at radius 2 is 1.30 bits per heavy atom. The summed E-state index contributed by atoms with van der Waals surface area (Å²) in [7, 11) is 4.61. The van der Waals surface area contributed by atoms with Crippen LogP contribution in [0.4, 0.5) is 0 Å². The molecule has 30 heavy (non-hydrogen) atoms. The van der Waals surface area contributed by atoms with Gasteiger partial charge in [0, 0.05) is 20.6 Å². The third-order valence-corrected chi connectivity index (χ3v) is 8.92. The van der Waals surface area contributed by atoms with E-state index < -0.39 is 7.11 Å². The van der Waals surface area contributed by atoms with Gasteiger partial charge in [-0.1, -0.05) is 84.0 Å². The van der Waals surface area contributed by atoms with E-state index in [0.717, 1.165) is 50.5 Å². The first-order valence-electron chi connectivity index (χ1n) is 12.7. The molecule has 0 aliphatic rings. The van der Waals surface area contributed by atoms with Crippen molar-refractivity contribution in [3.8, 4) is 0 Å². The average molecular weight is 444 g/mol. The fraction of sp³-hybridized carbons (Fsp3) is 0.885. The normalized spacial score (nSPS) is 13.5. The van der Waals surface area contributed by atoms with Crippen molar-refractivity contribution in [1.82, 2.24) is 4.90 Å². The lowest BCUT2D eigenvalue weighted by atomic mass is 10.1. The highest BCUT2D eigenvalue weighted by Gasteiger charge is 2.13. The lowest BCUT2D eigenvalue weighted by Crippen LogP contribution is -2.14. The van der Waals surface area contributed by atoms with Gasteiger partial charge in [0.05, 0.1) is 12.4 Å². The Kier molecular flexibility index (Phi) is 20.5. The SMILES string of the molecule is C=C(CCCCCCCCCCCCC)OCCCCP(=C)(CCCN(C)C)OC. The predicted octanol–water partition coefficient (Wildman–Crippen LogP) is 7.96. The molecule has 0 aromatic heterocycles. The van der Waals surface area contributed by atoms with Gasteiger partial charge in [0.2, 0.25) is 0 Å². The third-order valence-electron chi connectivity index (χ3n) is 5.88. The Labute approximate surface area is 190 Å². The molecular formula is C26H54NO2P. The van der Waals surface area contributed by atoms with Gasteiger partial charge in [0.1, 0.15) is 0 Å². The highest BCUT2D eigenvalue weighted by Crippen LogP contribution is 2.46. The molecule has 0 aliphatic carbocycles. The first-order chi connectivity index (χ1) is 14.4. The molecule has 0 radical (unpaired) electrons. The van der Waals surface area contributed by atoms with Crippen LogP contribution in [0.1, 0.15) is 103 Å².